The molecule has 4 rings (SSSR count). The molecule has 8 heteroatoms. The summed E-state index contributed by atoms with van der Waals surface area (Å²) in [6, 6.07) is 13.7. The number of hydrogen-bond acceptors (Lipinski definition) is 6. The average molecular weight is 481 g/mol. The molecule has 1 aliphatic carbocycles. The van der Waals surface area contributed by atoms with Crippen molar-refractivity contribution >= 4 is 46.2 Å². The van der Waals surface area contributed by atoms with E-state index in [-0.39, 0.29) is 0 Å². The van der Waals surface area contributed by atoms with Crippen LogP contribution in [0.25, 0.3) is 0 Å². The summed E-state index contributed by atoms with van der Waals surface area (Å²) in [5.41, 5.74) is 10.1. The highest BCUT2D eigenvalue weighted by atomic mass is 35.5. The molecule has 1 saturated carbocycles. The third kappa shape index (κ3) is 5.32. The maximum Gasteiger partial charge on any atom is 0.159 e. The van der Waals surface area contributed by atoms with E-state index in [1.54, 1.807) is 12.1 Å². The number of nitrogen functional groups attached to an aromatic ring is 1. The Morgan fingerprint density at radius 2 is 1.76 bits per heavy atom. The first kappa shape index (κ1) is 23.2. The van der Waals surface area contributed by atoms with Crippen LogP contribution in [0.15, 0.2) is 42.7 Å². The number of halogens is 2. The van der Waals surface area contributed by atoms with Crippen molar-refractivity contribution < 1.29 is 0 Å². The molecular formula is C25H26Cl2N6. The van der Waals surface area contributed by atoms with Gasteiger partial charge < -0.3 is 16.4 Å². The Labute approximate surface area is 204 Å². The normalized spacial score (nSPS) is 15.0. The number of nitrogens with two attached hydrogens (primary N) is 1. The largest absolute Gasteiger partial charge is 0.393 e. The Balaban J connectivity index is 1.58. The van der Waals surface area contributed by atoms with E-state index in [9.17, 15) is 5.26 Å². The van der Waals surface area contributed by atoms with E-state index in [2.05, 4.69) is 26.7 Å². The topological polar surface area (TPSA) is 99.6 Å². The van der Waals surface area contributed by atoms with Crippen molar-refractivity contribution in [1.29, 1.82) is 5.26 Å². The fraction of sp³-hybridized carbons (Fsp3) is 0.320. The van der Waals surface area contributed by atoms with E-state index >= 15 is 0 Å². The minimum atomic E-state index is -0.502. The number of anilines is 4. The monoisotopic (exact) mass is 480 g/mol. The van der Waals surface area contributed by atoms with Crippen LogP contribution in [-0.2, 0) is 0 Å². The predicted octanol–water partition coefficient (Wildman–Crippen LogP) is 6.82. The third-order valence-electron chi connectivity index (χ3n) is 6.07. The fourth-order valence-electron chi connectivity index (χ4n) is 4.22. The molecule has 1 atom stereocenters. The summed E-state index contributed by atoms with van der Waals surface area (Å²) in [6.07, 6.45) is 7.47. The number of aryl methyl sites for hydroxylation is 1. The van der Waals surface area contributed by atoms with Crippen LogP contribution in [0.2, 0.25) is 10.0 Å². The van der Waals surface area contributed by atoms with Gasteiger partial charge >= 0.3 is 0 Å². The molecule has 3 aromatic rings. The summed E-state index contributed by atoms with van der Waals surface area (Å²) >= 11 is 12.6. The lowest BCUT2D eigenvalue weighted by atomic mass is 9.91. The Bertz CT molecular complexity index is 1170. The first-order valence-electron chi connectivity index (χ1n) is 11.1. The molecule has 2 aromatic carbocycles. The molecule has 0 spiro atoms. The molecule has 6 nitrogen and oxygen atoms in total. The highest BCUT2D eigenvalue weighted by Crippen LogP contribution is 2.36. The lowest BCUT2D eigenvalue weighted by Crippen LogP contribution is -2.23. The smallest absolute Gasteiger partial charge is 0.159 e. The maximum atomic E-state index is 9.83. The Hall–Kier alpha value is -3.01. The number of aromatic nitrogens is 2. The molecule has 4 N–H and O–H groups in total. The minimum Gasteiger partial charge on any atom is -0.393 e. The van der Waals surface area contributed by atoms with Gasteiger partial charge in [0.05, 0.1) is 12.0 Å². The molecule has 0 bridgehead atoms. The zero-order chi connectivity index (χ0) is 23.4. The van der Waals surface area contributed by atoms with Gasteiger partial charge in [0.2, 0.25) is 0 Å². The van der Waals surface area contributed by atoms with Gasteiger partial charge in [0, 0.05) is 21.8 Å². The average Bonchev–Trinajstić information content (AvgIpc) is 2.82. The second-order valence-electron chi connectivity index (χ2n) is 8.39. The highest BCUT2D eigenvalue weighted by Gasteiger charge is 2.20. The van der Waals surface area contributed by atoms with E-state index in [0.717, 1.165) is 35.2 Å². The second kappa shape index (κ2) is 10.3. The van der Waals surface area contributed by atoms with Crippen molar-refractivity contribution in [3.63, 3.8) is 0 Å². The van der Waals surface area contributed by atoms with Crippen molar-refractivity contribution in [3.8, 4) is 6.07 Å². The molecule has 1 unspecified atom stereocenters. The predicted molar refractivity (Wildman–Crippen MR) is 135 cm³/mol. The van der Waals surface area contributed by atoms with Crippen LogP contribution in [0.1, 0.15) is 54.7 Å². The number of benzene rings is 2. The summed E-state index contributed by atoms with van der Waals surface area (Å²) in [4.78, 5) is 8.68. The lowest BCUT2D eigenvalue weighted by molar-refractivity contribution is 0.462. The van der Waals surface area contributed by atoms with Crippen molar-refractivity contribution in [3.05, 3.63) is 69.5 Å². The highest BCUT2D eigenvalue weighted by molar-refractivity contribution is 6.32. The van der Waals surface area contributed by atoms with E-state index < -0.39 is 5.92 Å². The number of hydrogen-bond donors (Lipinski definition) is 3. The van der Waals surface area contributed by atoms with Gasteiger partial charge in [0.1, 0.15) is 12.0 Å². The van der Waals surface area contributed by atoms with E-state index in [4.69, 9.17) is 28.9 Å². The summed E-state index contributed by atoms with van der Waals surface area (Å²) in [6.45, 7) is 1.96. The van der Waals surface area contributed by atoms with E-state index in [0.29, 0.717) is 33.4 Å². The summed E-state index contributed by atoms with van der Waals surface area (Å²) in [5, 5.41) is 17.7. The fourth-order valence-corrected chi connectivity index (χ4v) is 4.62. The molecule has 0 aliphatic heterocycles. The van der Waals surface area contributed by atoms with Crippen molar-refractivity contribution in [2.24, 2.45) is 0 Å². The molecule has 1 aromatic heterocycles. The van der Waals surface area contributed by atoms with Gasteiger partial charge in [0.25, 0.3) is 0 Å². The zero-order valence-electron chi connectivity index (χ0n) is 18.4. The van der Waals surface area contributed by atoms with Crippen LogP contribution < -0.4 is 16.4 Å². The van der Waals surface area contributed by atoms with E-state index in [1.165, 1.54) is 25.6 Å². The zero-order valence-corrected chi connectivity index (χ0v) is 19.9. The third-order valence-corrected chi connectivity index (χ3v) is 6.65. The Kier molecular flexibility index (Phi) is 7.22. The van der Waals surface area contributed by atoms with Gasteiger partial charge in [-0.15, -0.1) is 0 Å². The Morgan fingerprint density at radius 3 is 2.45 bits per heavy atom. The van der Waals surface area contributed by atoms with Crippen molar-refractivity contribution in [1.82, 2.24) is 9.97 Å². The van der Waals surface area contributed by atoms with Crippen LogP contribution in [0.5, 0.6) is 0 Å². The summed E-state index contributed by atoms with van der Waals surface area (Å²) < 4.78 is 0. The molecule has 170 valence electrons. The first-order valence-corrected chi connectivity index (χ1v) is 11.8. The van der Waals surface area contributed by atoms with Gasteiger partial charge in [0.15, 0.2) is 11.6 Å². The molecule has 0 saturated heterocycles. The van der Waals surface area contributed by atoms with Gasteiger partial charge in [-0.2, -0.15) is 5.26 Å². The number of nitrogens with one attached hydrogen (secondary N) is 2. The summed E-state index contributed by atoms with van der Waals surface area (Å²) in [7, 11) is 0. The number of nitriles is 1. The van der Waals surface area contributed by atoms with Crippen LogP contribution in [0.3, 0.4) is 0 Å². The summed E-state index contributed by atoms with van der Waals surface area (Å²) in [5.74, 6) is 0.662. The first-order chi connectivity index (χ1) is 16.0. The molecule has 1 heterocycles. The molecule has 1 aliphatic rings. The van der Waals surface area contributed by atoms with Crippen LogP contribution in [-0.4, -0.2) is 16.0 Å². The standard InChI is InChI=1S/C25H26Cl2N6/c1-15-11-19(20(13-28)16-7-9-17(26)10-8-16)21(27)12-22(15)33-25-23(29)24(30-14-31-25)32-18-5-3-2-4-6-18/h7-12,14,18,20H,2-6,29H2,1H3,(H2,30,31,32,33). The SMILES string of the molecule is Cc1cc(C(C#N)c2ccc(Cl)cc2)c(Cl)cc1Nc1ncnc(NC2CCCCC2)c1N. The number of nitrogens with zero attached hydrogens (tertiary/aromatic N) is 3. The Morgan fingerprint density at radius 1 is 1.06 bits per heavy atom. The molecule has 0 amide bonds. The molecule has 33 heavy (non-hydrogen) atoms. The van der Waals surface area contributed by atoms with Gasteiger partial charge in [-0.3, -0.25) is 0 Å². The van der Waals surface area contributed by atoms with E-state index in [1.807, 2.05) is 31.2 Å². The minimum absolute atomic E-state index is 0.384. The maximum absolute atomic E-state index is 9.83. The van der Waals surface area contributed by atoms with Gasteiger partial charge in [-0.05, 0) is 54.7 Å². The molecular weight excluding hydrogens is 455 g/mol. The molecule has 1 fully saturated rings. The van der Waals surface area contributed by atoms with Crippen LogP contribution in [0, 0.1) is 18.3 Å². The lowest BCUT2D eigenvalue weighted by Gasteiger charge is -2.24. The van der Waals surface area contributed by atoms with Gasteiger partial charge in [-0.25, -0.2) is 9.97 Å². The van der Waals surface area contributed by atoms with Crippen LogP contribution >= 0.6 is 23.2 Å². The second-order valence-corrected chi connectivity index (χ2v) is 9.23. The molecule has 0 radical (unpaired) electrons. The van der Waals surface area contributed by atoms with Crippen LogP contribution in [0.4, 0.5) is 23.0 Å². The quantitative estimate of drug-likeness (QED) is 0.357. The van der Waals surface area contributed by atoms with Crippen molar-refractivity contribution in [2.75, 3.05) is 16.4 Å². The number of rotatable bonds is 6. The van der Waals surface area contributed by atoms with Crippen molar-refractivity contribution in [2.45, 2.75) is 51.0 Å². The van der Waals surface area contributed by atoms with Gasteiger partial charge in [-0.1, -0.05) is 60.7 Å².